The molecule has 1 unspecified atom stereocenters. The molecule has 26 heavy (non-hydrogen) atoms. The Morgan fingerprint density at radius 1 is 1.31 bits per heavy atom. The van der Waals surface area contributed by atoms with E-state index in [1.54, 1.807) is 41.0 Å². The highest BCUT2D eigenvalue weighted by Crippen LogP contribution is 2.23. The van der Waals surface area contributed by atoms with E-state index in [1.807, 2.05) is 6.92 Å². The molecule has 1 saturated heterocycles. The van der Waals surface area contributed by atoms with Crippen LogP contribution in [0.2, 0.25) is 5.02 Å². The molecule has 0 bridgehead atoms. The van der Waals surface area contributed by atoms with Crippen LogP contribution in [-0.2, 0) is 15.8 Å². The van der Waals surface area contributed by atoms with Crippen molar-refractivity contribution in [1.29, 1.82) is 0 Å². The fourth-order valence-corrected chi connectivity index (χ4v) is 4.83. The third-order valence-corrected chi connectivity index (χ3v) is 6.37. The van der Waals surface area contributed by atoms with Crippen LogP contribution in [0.5, 0.6) is 6.01 Å². The molecule has 140 valence electrons. The lowest BCUT2D eigenvalue weighted by Crippen LogP contribution is -2.42. The topological polar surface area (TPSA) is 72.4 Å². The van der Waals surface area contributed by atoms with Gasteiger partial charge in [0.15, 0.2) is 0 Å². The first-order valence-electron chi connectivity index (χ1n) is 8.56. The van der Waals surface area contributed by atoms with Crippen molar-refractivity contribution >= 4 is 21.6 Å². The molecule has 2 heterocycles. The third kappa shape index (κ3) is 5.16. The van der Waals surface area contributed by atoms with Gasteiger partial charge in [0.2, 0.25) is 10.0 Å². The number of nitrogens with zero attached hydrogens (tertiary/aromatic N) is 3. The summed E-state index contributed by atoms with van der Waals surface area (Å²) in [5.41, 5.74) is 1.66. The van der Waals surface area contributed by atoms with Crippen LogP contribution in [-0.4, -0.2) is 42.4 Å². The first kappa shape index (κ1) is 19.1. The monoisotopic (exact) mass is 395 g/mol. The predicted molar refractivity (Wildman–Crippen MR) is 101 cm³/mol. The number of hydrogen-bond acceptors (Lipinski definition) is 5. The van der Waals surface area contributed by atoms with Crippen LogP contribution in [0.3, 0.4) is 0 Å². The standard InChI is InChI=1S/C18H22ClN3O3S/c1-14-9-20-18(21-10-14)25-12-16-5-3-7-22(11-16)26(23,24)13-15-4-2-6-17(19)8-15/h2,4,6,8-10,16H,3,5,7,11-13H2,1H3. The molecule has 1 fully saturated rings. The Kier molecular flexibility index (Phi) is 6.11. The number of aromatic nitrogens is 2. The van der Waals surface area contributed by atoms with E-state index in [0.717, 1.165) is 18.4 Å². The van der Waals surface area contributed by atoms with Crippen molar-refractivity contribution in [2.75, 3.05) is 19.7 Å². The quantitative estimate of drug-likeness (QED) is 0.751. The second-order valence-electron chi connectivity index (χ2n) is 6.61. The molecule has 6 nitrogen and oxygen atoms in total. The summed E-state index contributed by atoms with van der Waals surface area (Å²) in [5, 5.41) is 0.542. The maximum absolute atomic E-state index is 12.7. The number of rotatable bonds is 6. The number of piperidine rings is 1. The Morgan fingerprint density at radius 2 is 2.08 bits per heavy atom. The largest absolute Gasteiger partial charge is 0.463 e. The average molecular weight is 396 g/mol. The summed E-state index contributed by atoms with van der Waals surface area (Å²) >= 11 is 5.96. The van der Waals surface area contributed by atoms with Gasteiger partial charge in [-0.1, -0.05) is 23.7 Å². The molecule has 2 aromatic rings. The molecule has 1 aromatic heterocycles. The zero-order valence-corrected chi connectivity index (χ0v) is 16.2. The minimum Gasteiger partial charge on any atom is -0.463 e. The van der Waals surface area contributed by atoms with E-state index in [0.29, 0.717) is 36.3 Å². The van der Waals surface area contributed by atoms with Gasteiger partial charge in [-0.2, -0.15) is 0 Å². The lowest BCUT2D eigenvalue weighted by molar-refractivity contribution is 0.171. The van der Waals surface area contributed by atoms with Crippen molar-refractivity contribution in [2.45, 2.75) is 25.5 Å². The number of sulfonamides is 1. The highest BCUT2D eigenvalue weighted by Gasteiger charge is 2.29. The van der Waals surface area contributed by atoms with Crippen molar-refractivity contribution in [1.82, 2.24) is 14.3 Å². The molecule has 0 amide bonds. The first-order valence-corrected chi connectivity index (χ1v) is 10.5. The van der Waals surface area contributed by atoms with E-state index in [4.69, 9.17) is 16.3 Å². The van der Waals surface area contributed by atoms with E-state index in [2.05, 4.69) is 9.97 Å². The predicted octanol–water partition coefficient (Wildman–Crippen LogP) is 3.06. The second kappa shape index (κ2) is 8.33. The molecule has 0 radical (unpaired) electrons. The average Bonchev–Trinajstić information content (AvgIpc) is 2.61. The van der Waals surface area contributed by atoms with Gasteiger partial charge in [-0.25, -0.2) is 22.7 Å². The number of hydrogen-bond donors (Lipinski definition) is 0. The summed E-state index contributed by atoms with van der Waals surface area (Å²) < 4.78 is 32.7. The van der Waals surface area contributed by atoms with Crippen LogP contribution in [0.25, 0.3) is 0 Å². The zero-order valence-electron chi connectivity index (χ0n) is 14.6. The summed E-state index contributed by atoms with van der Waals surface area (Å²) in [4.78, 5) is 8.23. The molecule has 1 aliphatic heterocycles. The molecule has 0 N–H and O–H groups in total. The highest BCUT2D eigenvalue weighted by molar-refractivity contribution is 7.88. The van der Waals surface area contributed by atoms with Crippen molar-refractivity contribution in [3.8, 4) is 6.01 Å². The summed E-state index contributed by atoms with van der Waals surface area (Å²) in [5.74, 6) is 0.0881. The van der Waals surface area contributed by atoms with Crippen LogP contribution in [0.4, 0.5) is 0 Å². The highest BCUT2D eigenvalue weighted by atomic mass is 35.5. The zero-order chi connectivity index (χ0) is 18.6. The molecule has 3 rings (SSSR count). The minimum absolute atomic E-state index is 0.0395. The van der Waals surface area contributed by atoms with E-state index >= 15 is 0 Å². The van der Waals surface area contributed by atoms with E-state index in [-0.39, 0.29) is 11.7 Å². The van der Waals surface area contributed by atoms with Crippen LogP contribution in [0.15, 0.2) is 36.7 Å². The molecule has 8 heteroatoms. The lowest BCUT2D eigenvalue weighted by Gasteiger charge is -2.31. The Bertz CT molecular complexity index is 843. The third-order valence-electron chi connectivity index (χ3n) is 4.32. The first-order chi connectivity index (χ1) is 12.4. The maximum atomic E-state index is 12.7. The number of aryl methyl sites for hydroxylation is 1. The van der Waals surface area contributed by atoms with Gasteiger partial charge >= 0.3 is 6.01 Å². The fraction of sp³-hybridized carbons (Fsp3) is 0.444. The number of benzene rings is 1. The van der Waals surface area contributed by atoms with Crippen LogP contribution in [0.1, 0.15) is 24.0 Å². The van der Waals surface area contributed by atoms with Gasteiger partial charge in [0.1, 0.15) is 0 Å². The Morgan fingerprint density at radius 3 is 2.81 bits per heavy atom. The molecular formula is C18H22ClN3O3S. The molecule has 0 saturated carbocycles. The van der Waals surface area contributed by atoms with E-state index in [1.165, 1.54) is 0 Å². The Balaban J connectivity index is 1.59. The minimum atomic E-state index is -3.39. The fourth-order valence-electron chi connectivity index (χ4n) is 2.99. The van der Waals surface area contributed by atoms with Crippen molar-refractivity contribution in [3.05, 3.63) is 52.8 Å². The van der Waals surface area contributed by atoms with Crippen molar-refractivity contribution in [3.63, 3.8) is 0 Å². The van der Waals surface area contributed by atoms with Gasteiger partial charge in [-0.15, -0.1) is 0 Å². The normalized spacial score (nSPS) is 18.6. The van der Waals surface area contributed by atoms with Crippen LogP contribution in [0, 0.1) is 12.8 Å². The molecule has 0 aliphatic carbocycles. The van der Waals surface area contributed by atoms with Gasteiger partial charge in [-0.05, 0) is 43.0 Å². The van der Waals surface area contributed by atoms with Crippen LogP contribution >= 0.6 is 11.6 Å². The summed E-state index contributed by atoms with van der Waals surface area (Å²) in [6.07, 6.45) is 5.14. The van der Waals surface area contributed by atoms with E-state index in [9.17, 15) is 8.42 Å². The van der Waals surface area contributed by atoms with Crippen LogP contribution < -0.4 is 4.74 Å². The molecule has 0 spiro atoms. The summed E-state index contributed by atoms with van der Waals surface area (Å²) in [7, 11) is -3.39. The number of ether oxygens (including phenoxy) is 1. The van der Waals surface area contributed by atoms with E-state index < -0.39 is 10.0 Å². The molecule has 1 aromatic carbocycles. The number of halogens is 1. The maximum Gasteiger partial charge on any atom is 0.316 e. The van der Waals surface area contributed by atoms with Gasteiger partial charge in [-0.3, -0.25) is 0 Å². The molecule has 1 aliphatic rings. The molecular weight excluding hydrogens is 374 g/mol. The second-order valence-corrected chi connectivity index (χ2v) is 9.01. The van der Waals surface area contributed by atoms with Gasteiger partial charge in [0.05, 0.1) is 12.4 Å². The van der Waals surface area contributed by atoms with Crippen molar-refractivity contribution in [2.24, 2.45) is 5.92 Å². The smallest absolute Gasteiger partial charge is 0.316 e. The van der Waals surface area contributed by atoms with Gasteiger partial charge < -0.3 is 4.74 Å². The SMILES string of the molecule is Cc1cnc(OCC2CCCN(S(=O)(=O)Cc3cccc(Cl)c3)C2)nc1. The molecule has 1 atom stereocenters. The summed E-state index contributed by atoms with van der Waals surface area (Å²) in [6.45, 7) is 3.31. The summed E-state index contributed by atoms with van der Waals surface area (Å²) in [6, 6.07) is 7.30. The lowest BCUT2D eigenvalue weighted by atomic mass is 10.0. The Hall–Kier alpha value is -1.70. The van der Waals surface area contributed by atoms with Gasteiger partial charge in [0.25, 0.3) is 0 Å². The van der Waals surface area contributed by atoms with Crippen molar-refractivity contribution < 1.29 is 13.2 Å². The van der Waals surface area contributed by atoms with Gasteiger partial charge in [0, 0.05) is 36.4 Å². The Labute approximate surface area is 159 Å².